The van der Waals surface area contributed by atoms with Crippen LogP contribution in [0, 0.1) is 0 Å². The van der Waals surface area contributed by atoms with Crippen LogP contribution in [-0.4, -0.2) is 31.1 Å². The molecule has 1 rings (SSSR count). The van der Waals surface area contributed by atoms with Crippen LogP contribution in [-0.2, 0) is 12.4 Å². The predicted molar refractivity (Wildman–Crippen MR) is 69.2 cm³/mol. The summed E-state index contributed by atoms with van der Waals surface area (Å²) in [5.41, 5.74) is 0.797. The predicted octanol–water partition coefficient (Wildman–Crippen LogP) is 2.77. The van der Waals surface area contributed by atoms with Crippen LogP contribution >= 0.6 is 0 Å². The Morgan fingerprint density at radius 3 is 2.31 bits per heavy atom. The van der Waals surface area contributed by atoms with Crippen LogP contribution in [0.15, 0.2) is 28.6 Å². The van der Waals surface area contributed by atoms with E-state index in [0.29, 0.717) is 6.61 Å². The van der Waals surface area contributed by atoms with Gasteiger partial charge in [-0.15, -0.1) is 0 Å². The zero-order valence-corrected chi connectivity index (χ0v) is 10.7. The van der Waals surface area contributed by atoms with E-state index in [1.165, 1.54) is 0 Å². The molecule has 0 N–H and O–H groups in total. The molecular weight excluding hydrogens is 220 g/mol. The van der Waals surface area contributed by atoms with Crippen molar-refractivity contribution in [1.82, 2.24) is 4.90 Å². The Kier molecular flexibility index (Phi) is 5.96. The fraction of sp³-hybridized carbons (Fsp3) is 0.500. The van der Waals surface area contributed by atoms with Gasteiger partial charge in [-0.05, 0) is 37.4 Å². The summed E-state index contributed by atoms with van der Waals surface area (Å²) < 4.78 is 9.29. The first-order valence-corrected chi connectivity index (χ1v) is 5.95. The van der Waals surface area contributed by atoms with E-state index in [1.54, 1.807) is 0 Å². The third kappa shape index (κ3) is 4.24. The summed E-state index contributed by atoms with van der Waals surface area (Å²) in [6.07, 6.45) is 0. The first-order valence-electron chi connectivity index (χ1n) is 5.58. The van der Waals surface area contributed by atoms with E-state index in [2.05, 4.69) is 35.5 Å². The monoisotopic (exact) mass is 238 g/mol. The van der Waals surface area contributed by atoms with Crippen molar-refractivity contribution in [3.63, 3.8) is 0 Å². The largest absolute Gasteiger partial charge is 0.492 e. The van der Waals surface area contributed by atoms with Gasteiger partial charge >= 0.3 is 0 Å². The van der Waals surface area contributed by atoms with Crippen molar-refractivity contribution >= 4 is 18.1 Å². The van der Waals surface area contributed by atoms with Gasteiger partial charge < -0.3 is 9.64 Å². The van der Waals surface area contributed by atoms with Crippen molar-refractivity contribution in [2.75, 3.05) is 26.2 Å². The molecule has 0 atom stereocenters. The lowest BCUT2D eigenvalue weighted by atomic mass is 10.3. The number of nitrogens with zero attached hydrogens (tertiary/aromatic N) is 2. The molecule has 0 aliphatic rings. The molecule has 0 unspecified atom stereocenters. The summed E-state index contributed by atoms with van der Waals surface area (Å²) in [5, 5.41) is 0. The first kappa shape index (κ1) is 13.1. The molecule has 0 radical (unpaired) electrons. The third-order valence-corrected chi connectivity index (χ3v) is 2.72. The van der Waals surface area contributed by atoms with Crippen molar-refractivity contribution < 1.29 is 4.74 Å². The number of hydrogen-bond acceptors (Lipinski definition) is 4. The molecule has 0 bridgehead atoms. The molecule has 16 heavy (non-hydrogen) atoms. The maximum Gasteiger partial charge on any atom is 0.119 e. The fourth-order valence-electron chi connectivity index (χ4n) is 1.44. The number of benzene rings is 1. The molecule has 0 aliphatic heterocycles. The number of likely N-dealkylation sites (N-methyl/N-ethyl adjacent to an activating group) is 1. The molecule has 3 nitrogen and oxygen atoms in total. The van der Waals surface area contributed by atoms with E-state index in [0.717, 1.165) is 31.1 Å². The summed E-state index contributed by atoms with van der Waals surface area (Å²) in [4.78, 5) is 2.33. The summed E-state index contributed by atoms with van der Waals surface area (Å²) in [6.45, 7) is 8.11. The number of rotatable bonds is 7. The van der Waals surface area contributed by atoms with Crippen LogP contribution in [0.25, 0.3) is 0 Å². The molecule has 1 aromatic carbocycles. The molecule has 0 saturated carbocycles. The molecule has 0 heterocycles. The van der Waals surface area contributed by atoms with Gasteiger partial charge in [-0.2, -0.15) is 4.36 Å². The van der Waals surface area contributed by atoms with Gasteiger partial charge in [-0.3, -0.25) is 0 Å². The van der Waals surface area contributed by atoms with Gasteiger partial charge in [0.1, 0.15) is 12.4 Å². The highest BCUT2D eigenvalue weighted by atomic mass is 32.1. The Labute approximate surface area is 103 Å². The maximum atomic E-state index is 5.62. The molecule has 1 aromatic rings. The van der Waals surface area contributed by atoms with Gasteiger partial charge in [0.05, 0.1) is 5.69 Å². The van der Waals surface area contributed by atoms with Crippen molar-refractivity contribution in [3.05, 3.63) is 24.3 Å². The lowest BCUT2D eigenvalue weighted by molar-refractivity contribution is 0.223. The molecule has 4 heteroatoms. The van der Waals surface area contributed by atoms with E-state index >= 15 is 0 Å². The van der Waals surface area contributed by atoms with Gasteiger partial charge in [0, 0.05) is 19.0 Å². The van der Waals surface area contributed by atoms with Gasteiger partial charge in [-0.25, -0.2) is 0 Å². The van der Waals surface area contributed by atoms with E-state index in [4.69, 9.17) is 4.74 Å². The van der Waals surface area contributed by atoms with Crippen LogP contribution in [0.3, 0.4) is 0 Å². The zero-order chi connectivity index (χ0) is 11.8. The van der Waals surface area contributed by atoms with Gasteiger partial charge in [0.2, 0.25) is 0 Å². The fourth-order valence-corrected chi connectivity index (χ4v) is 1.56. The Morgan fingerprint density at radius 1 is 1.19 bits per heavy atom. The summed E-state index contributed by atoms with van der Waals surface area (Å²) in [6, 6.07) is 7.51. The highest BCUT2D eigenvalue weighted by Gasteiger charge is 1.99. The van der Waals surface area contributed by atoms with Crippen LogP contribution < -0.4 is 4.74 Å². The Bertz CT molecular complexity index is 309. The summed E-state index contributed by atoms with van der Waals surface area (Å²) in [5.74, 6) is 0.870. The average Bonchev–Trinajstić information content (AvgIpc) is 2.35. The van der Waals surface area contributed by atoms with Crippen LogP contribution in [0.4, 0.5) is 5.69 Å². The molecule has 0 aromatic heterocycles. The van der Waals surface area contributed by atoms with Crippen LogP contribution in [0.2, 0.25) is 0 Å². The molecular formula is C12H18N2OS. The molecule has 88 valence electrons. The second-order valence-electron chi connectivity index (χ2n) is 3.46. The number of hydrogen-bond donors (Lipinski definition) is 0. The Morgan fingerprint density at radius 2 is 1.81 bits per heavy atom. The topological polar surface area (TPSA) is 24.8 Å². The molecule has 0 amide bonds. The van der Waals surface area contributed by atoms with Crippen molar-refractivity contribution in [3.8, 4) is 5.75 Å². The third-order valence-electron chi connectivity index (χ3n) is 2.51. The van der Waals surface area contributed by atoms with Crippen LogP contribution in [0.1, 0.15) is 13.8 Å². The SMILES string of the molecule is CCN(CC)CCOc1ccc(N=S)cc1. The average molecular weight is 238 g/mol. The van der Waals surface area contributed by atoms with Crippen molar-refractivity contribution in [1.29, 1.82) is 0 Å². The second kappa shape index (κ2) is 7.30. The highest BCUT2D eigenvalue weighted by molar-refractivity contribution is 7.47. The lowest BCUT2D eigenvalue weighted by Gasteiger charge is -2.17. The molecule has 0 saturated heterocycles. The Hall–Kier alpha value is -1.00. The van der Waals surface area contributed by atoms with Gasteiger partial charge in [0.25, 0.3) is 0 Å². The zero-order valence-electron chi connectivity index (χ0n) is 9.85. The quantitative estimate of drug-likeness (QED) is 0.730. The first-order chi connectivity index (χ1) is 7.80. The molecule has 0 fully saturated rings. The second-order valence-corrected chi connectivity index (χ2v) is 3.64. The standard InChI is InChI=1S/C12H18N2OS/c1-3-14(4-2)9-10-15-12-7-5-11(13-16)6-8-12/h5-8H,3-4,9-10H2,1-2H3. The van der Waals surface area contributed by atoms with Crippen molar-refractivity contribution in [2.45, 2.75) is 13.8 Å². The summed E-state index contributed by atoms with van der Waals surface area (Å²) in [7, 11) is 0. The molecule has 0 aliphatic carbocycles. The van der Waals surface area contributed by atoms with Gasteiger partial charge in [0.15, 0.2) is 0 Å². The van der Waals surface area contributed by atoms with E-state index in [-0.39, 0.29) is 0 Å². The normalized spacial score (nSPS) is 10.4. The lowest BCUT2D eigenvalue weighted by Crippen LogP contribution is -2.27. The minimum absolute atomic E-state index is 0.714. The van der Waals surface area contributed by atoms with Gasteiger partial charge in [-0.1, -0.05) is 13.8 Å². The molecule has 0 spiro atoms. The van der Waals surface area contributed by atoms with Crippen molar-refractivity contribution in [2.24, 2.45) is 4.36 Å². The Balaban J connectivity index is 2.34. The van der Waals surface area contributed by atoms with E-state index in [1.807, 2.05) is 24.3 Å². The number of ether oxygens (including phenoxy) is 1. The maximum absolute atomic E-state index is 5.62. The van der Waals surface area contributed by atoms with E-state index < -0.39 is 0 Å². The summed E-state index contributed by atoms with van der Waals surface area (Å²) >= 11 is 4.59. The van der Waals surface area contributed by atoms with E-state index in [9.17, 15) is 0 Å². The minimum atomic E-state index is 0.714. The smallest absolute Gasteiger partial charge is 0.119 e. The van der Waals surface area contributed by atoms with Crippen LogP contribution in [0.5, 0.6) is 5.75 Å². The minimum Gasteiger partial charge on any atom is -0.492 e. The highest BCUT2D eigenvalue weighted by Crippen LogP contribution is 2.17.